The standard InChI is InChI=1S/C15H19ClF3N3O/c1-21-6-8-22(9-7-21)5-4-14(23)20-13-10-11(15(17,18)19)2-3-12(13)16/h2-3,10H,4-9H2,1H3,(H,20,23)/p+2. The summed E-state index contributed by atoms with van der Waals surface area (Å²) in [4.78, 5) is 14.8. The van der Waals surface area contributed by atoms with Gasteiger partial charge in [0.25, 0.3) is 0 Å². The third-order valence-corrected chi connectivity index (χ3v) is 4.41. The van der Waals surface area contributed by atoms with Crippen LogP contribution >= 0.6 is 11.6 Å². The number of likely N-dealkylation sites (N-methyl/N-ethyl adjacent to an activating group) is 1. The summed E-state index contributed by atoms with van der Waals surface area (Å²) in [7, 11) is 2.14. The number of rotatable bonds is 4. The van der Waals surface area contributed by atoms with Crippen LogP contribution in [0.4, 0.5) is 18.9 Å². The van der Waals surface area contributed by atoms with E-state index in [0.717, 1.165) is 44.4 Å². The molecule has 1 aliphatic heterocycles. The number of quaternary nitrogens is 2. The van der Waals surface area contributed by atoms with Crippen LogP contribution in [0.25, 0.3) is 0 Å². The molecule has 1 fully saturated rings. The second kappa shape index (κ2) is 7.51. The second-order valence-corrected chi connectivity index (χ2v) is 6.35. The summed E-state index contributed by atoms with van der Waals surface area (Å²) in [5.41, 5.74) is -0.825. The lowest BCUT2D eigenvalue weighted by Crippen LogP contribution is -3.27. The molecule has 8 heteroatoms. The van der Waals surface area contributed by atoms with Crippen molar-refractivity contribution >= 4 is 23.2 Å². The van der Waals surface area contributed by atoms with Crippen molar-refractivity contribution in [3.05, 3.63) is 28.8 Å². The first-order valence-electron chi connectivity index (χ1n) is 7.57. The maximum absolute atomic E-state index is 12.7. The zero-order valence-corrected chi connectivity index (χ0v) is 13.7. The fraction of sp³-hybridized carbons (Fsp3) is 0.533. The monoisotopic (exact) mass is 351 g/mol. The van der Waals surface area contributed by atoms with Crippen molar-refractivity contribution in [1.29, 1.82) is 0 Å². The van der Waals surface area contributed by atoms with Gasteiger partial charge in [-0.2, -0.15) is 13.2 Å². The lowest BCUT2D eigenvalue weighted by Gasteiger charge is -2.27. The smallest absolute Gasteiger partial charge is 0.328 e. The van der Waals surface area contributed by atoms with Crippen LogP contribution in [0.2, 0.25) is 5.02 Å². The predicted molar refractivity (Wildman–Crippen MR) is 81.9 cm³/mol. The van der Waals surface area contributed by atoms with Gasteiger partial charge in [0, 0.05) is 0 Å². The number of carbonyl (C=O) groups excluding carboxylic acids is 1. The van der Waals surface area contributed by atoms with Crippen molar-refractivity contribution in [3.8, 4) is 0 Å². The Morgan fingerprint density at radius 1 is 1.26 bits per heavy atom. The van der Waals surface area contributed by atoms with Gasteiger partial charge in [0.15, 0.2) is 0 Å². The summed E-state index contributed by atoms with van der Waals surface area (Å²) in [5.74, 6) is -0.315. The van der Waals surface area contributed by atoms with Gasteiger partial charge in [0.1, 0.15) is 26.2 Å². The van der Waals surface area contributed by atoms with E-state index in [9.17, 15) is 18.0 Å². The van der Waals surface area contributed by atoms with Crippen molar-refractivity contribution in [2.45, 2.75) is 12.6 Å². The van der Waals surface area contributed by atoms with Crippen LogP contribution in [0, 0.1) is 0 Å². The van der Waals surface area contributed by atoms with Gasteiger partial charge in [0.05, 0.1) is 36.3 Å². The molecule has 1 saturated heterocycles. The zero-order valence-electron chi connectivity index (χ0n) is 12.9. The van der Waals surface area contributed by atoms with E-state index in [1.54, 1.807) is 0 Å². The van der Waals surface area contributed by atoms with Gasteiger partial charge in [-0.15, -0.1) is 0 Å². The topological polar surface area (TPSA) is 38.0 Å². The first kappa shape index (κ1) is 18.0. The van der Waals surface area contributed by atoms with Crippen LogP contribution < -0.4 is 15.1 Å². The van der Waals surface area contributed by atoms with E-state index in [-0.39, 0.29) is 23.0 Å². The molecular weight excluding hydrogens is 331 g/mol. The SMILES string of the molecule is C[NH+]1CC[NH+](CCC(=O)Nc2cc(C(F)(F)F)ccc2Cl)CC1. The Morgan fingerprint density at radius 3 is 2.52 bits per heavy atom. The minimum Gasteiger partial charge on any atom is -0.328 e. The Balaban J connectivity index is 1.90. The van der Waals surface area contributed by atoms with E-state index in [0.29, 0.717) is 6.54 Å². The van der Waals surface area contributed by atoms with Crippen LogP contribution in [-0.4, -0.2) is 45.7 Å². The molecule has 0 radical (unpaired) electrons. The number of amides is 1. The number of alkyl halides is 3. The van der Waals surface area contributed by atoms with Crippen molar-refractivity contribution in [2.24, 2.45) is 0 Å². The molecule has 1 amide bonds. The Kier molecular flexibility index (Phi) is 5.89. The Bertz CT molecular complexity index is 557. The van der Waals surface area contributed by atoms with Crippen molar-refractivity contribution in [3.63, 3.8) is 0 Å². The van der Waals surface area contributed by atoms with E-state index in [2.05, 4.69) is 12.4 Å². The number of nitrogens with one attached hydrogen (secondary N) is 3. The van der Waals surface area contributed by atoms with E-state index in [1.165, 1.54) is 9.80 Å². The van der Waals surface area contributed by atoms with Crippen LogP contribution in [0.5, 0.6) is 0 Å². The number of piperazine rings is 1. The minimum absolute atomic E-state index is 0.00399. The van der Waals surface area contributed by atoms with E-state index < -0.39 is 11.7 Å². The van der Waals surface area contributed by atoms with Crippen LogP contribution in [0.1, 0.15) is 12.0 Å². The number of hydrogen-bond donors (Lipinski definition) is 3. The molecule has 1 aliphatic rings. The molecule has 0 saturated carbocycles. The van der Waals surface area contributed by atoms with Gasteiger partial charge in [-0.1, -0.05) is 11.6 Å². The molecule has 23 heavy (non-hydrogen) atoms. The number of benzene rings is 1. The van der Waals surface area contributed by atoms with Gasteiger partial charge in [-0.05, 0) is 18.2 Å². The minimum atomic E-state index is -4.46. The van der Waals surface area contributed by atoms with Gasteiger partial charge >= 0.3 is 6.18 Å². The highest BCUT2D eigenvalue weighted by atomic mass is 35.5. The molecule has 0 aromatic heterocycles. The quantitative estimate of drug-likeness (QED) is 0.707. The summed E-state index contributed by atoms with van der Waals surface area (Å²) in [6, 6.07) is 2.91. The van der Waals surface area contributed by atoms with Gasteiger partial charge < -0.3 is 15.1 Å². The normalized spacial score (nSPS) is 22.0. The molecule has 4 nitrogen and oxygen atoms in total. The number of carbonyl (C=O) groups is 1. The van der Waals surface area contributed by atoms with Crippen molar-refractivity contribution in [2.75, 3.05) is 45.1 Å². The maximum atomic E-state index is 12.7. The molecule has 1 aromatic carbocycles. The van der Waals surface area contributed by atoms with Gasteiger partial charge in [0.2, 0.25) is 5.91 Å². The summed E-state index contributed by atoms with van der Waals surface area (Å²) in [6.07, 6.45) is -4.20. The lowest BCUT2D eigenvalue weighted by atomic mass is 10.2. The lowest BCUT2D eigenvalue weighted by molar-refractivity contribution is -1.00. The highest BCUT2D eigenvalue weighted by molar-refractivity contribution is 6.33. The van der Waals surface area contributed by atoms with Crippen molar-refractivity contribution in [1.82, 2.24) is 0 Å². The average Bonchev–Trinajstić information content (AvgIpc) is 2.48. The van der Waals surface area contributed by atoms with Crippen LogP contribution in [-0.2, 0) is 11.0 Å². The van der Waals surface area contributed by atoms with Crippen molar-refractivity contribution < 1.29 is 27.8 Å². The molecule has 0 aliphatic carbocycles. The second-order valence-electron chi connectivity index (χ2n) is 5.95. The third kappa shape index (κ3) is 5.37. The highest BCUT2D eigenvalue weighted by Gasteiger charge is 2.31. The first-order chi connectivity index (χ1) is 10.8. The molecule has 2 rings (SSSR count). The molecule has 1 aromatic rings. The number of anilines is 1. The molecular formula is C15H21ClF3N3O+2. The van der Waals surface area contributed by atoms with Gasteiger partial charge in [-0.25, -0.2) is 0 Å². The highest BCUT2D eigenvalue weighted by Crippen LogP contribution is 2.33. The fourth-order valence-electron chi connectivity index (χ4n) is 2.58. The summed E-state index contributed by atoms with van der Waals surface area (Å²) in [6.45, 7) is 4.81. The number of halogens is 4. The molecule has 0 unspecified atom stereocenters. The molecule has 0 spiro atoms. The predicted octanol–water partition coefficient (Wildman–Crippen LogP) is 0.101. The van der Waals surface area contributed by atoms with E-state index in [4.69, 9.17) is 11.6 Å². The third-order valence-electron chi connectivity index (χ3n) is 4.08. The zero-order chi connectivity index (χ0) is 17.0. The fourth-order valence-corrected chi connectivity index (χ4v) is 2.75. The number of hydrogen-bond acceptors (Lipinski definition) is 1. The van der Waals surface area contributed by atoms with E-state index >= 15 is 0 Å². The summed E-state index contributed by atoms with van der Waals surface area (Å²) in [5, 5.41) is 2.58. The maximum Gasteiger partial charge on any atom is 0.416 e. The molecule has 3 N–H and O–H groups in total. The Morgan fingerprint density at radius 2 is 1.91 bits per heavy atom. The van der Waals surface area contributed by atoms with E-state index in [1.807, 2.05) is 0 Å². The Hall–Kier alpha value is -1.31. The van der Waals surface area contributed by atoms with Crippen LogP contribution in [0.15, 0.2) is 18.2 Å². The van der Waals surface area contributed by atoms with Crippen LogP contribution in [0.3, 0.4) is 0 Å². The summed E-state index contributed by atoms with van der Waals surface area (Å²) >= 11 is 5.87. The molecule has 0 bridgehead atoms. The molecule has 0 atom stereocenters. The molecule has 128 valence electrons. The average molecular weight is 352 g/mol. The van der Waals surface area contributed by atoms with Gasteiger partial charge in [-0.3, -0.25) is 4.79 Å². The summed E-state index contributed by atoms with van der Waals surface area (Å²) < 4.78 is 38.1. The largest absolute Gasteiger partial charge is 0.416 e. The molecule has 1 heterocycles. The Labute approximate surface area is 138 Å². The first-order valence-corrected chi connectivity index (χ1v) is 7.95.